The summed E-state index contributed by atoms with van der Waals surface area (Å²) in [4.78, 5) is 10.8. The Bertz CT molecular complexity index is 522. The van der Waals surface area contributed by atoms with Crippen molar-refractivity contribution < 1.29 is 4.74 Å². The van der Waals surface area contributed by atoms with Crippen molar-refractivity contribution in [1.29, 1.82) is 0 Å². The fourth-order valence-electron chi connectivity index (χ4n) is 1.87. The molecule has 4 nitrogen and oxygen atoms in total. The van der Waals surface area contributed by atoms with Crippen LogP contribution in [0.1, 0.15) is 12.5 Å². The van der Waals surface area contributed by atoms with E-state index in [1.54, 1.807) is 12.3 Å². The fraction of sp³-hybridized carbons (Fsp3) is 0.333. The Hall–Kier alpha value is -1.81. The average Bonchev–Trinajstić information content (AvgIpc) is 2.49. The van der Waals surface area contributed by atoms with Crippen LogP contribution in [0.2, 0.25) is 0 Å². The minimum Gasteiger partial charge on any atom is -0.478 e. The molecule has 0 bridgehead atoms. The second-order valence-electron chi connectivity index (χ2n) is 4.22. The van der Waals surface area contributed by atoms with E-state index in [9.17, 15) is 0 Å². The van der Waals surface area contributed by atoms with Crippen molar-refractivity contribution in [1.82, 2.24) is 9.97 Å². The molecule has 0 saturated heterocycles. The summed E-state index contributed by atoms with van der Waals surface area (Å²) in [6.45, 7) is 3.93. The Kier molecular flexibility index (Phi) is 5.62. The quantitative estimate of drug-likeness (QED) is 0.735. The first-order valence-electron chi connectivity index (χ1n) is 6.64. The van der Waals surface area contributed by atoms with E-state index in [-0.39, 0.29) is 0 Å². The molecule has 2 rings (SSSR count). The lowest BCUT2D eigenvalue weighted by molar-refractivity contribution is 0.326. The first kappa shape index (κ1) is 14.6. The maximum atomic E-state index is 5.88. The number of benzene rings is 1. The molecule has 5 heteroatoms. The van der Waals surface area contributed by atoms with Crippen LogP contribution in [0.5, 0.6) is 5.88 Å². The third-order valence-corrected chi connectivity index (χ3v) is 2.93. The van der Waals surface area contributed by atoms with E-state index in [0.29, 0.717) is 30.9 Å². The first-order chi connectivity index (χ1) is 9.83. The largest absolute Gasteiger partial charge is 0.478 e. The van der Waals surface area contributed by atoms with Crippen molar-refractivity contribution in [3.63, 3.8) is 0 Å². The lowest BCUT2D eigenvalue weighted by Crippen LogP contribution is -2.26. The highest BCUT2D eigenvalue weighted by atomic mass is 35.5. The molecule has 0 aliphatic heterocycles. The van der Waals surface area contributed by atoms with Crippen LogP contribution in [0.4, 0.5) is 5.95 Å². The summed E-state index contributed by atoms with van der Waals surface area (Å²) in [7, 11) is 0. The minimum atomic E-state index is 0.523. The summed E-state index contributed by atoms with van der Waals surface area (Å²) < 4.78 is 5.41. The van der Waals surface area contributed by atoms with Crippen LogP contribution in [0.3, 0.4) is 0 Å². The summed E-state index contributed by atoms with van der Waals surface area (Å²) in [5, 5.41) is 0. The number of anilines is 1. The molecule has 0 radical (unpaired) electrons. The molecule has 20 heavy (non-hydrogen) atoms. The molecule has 0 atom stereocenters. The second-order valence-corrected chi connectivity index (χ2v) is 4.60. The molecule has 0 aliphatic rings. The van der Waals surface area contributed by atoms with Crippen LogP contribution in [-0.2, 0) is 6.54 Å². The van der Waals surface area contributed by atoms with Crippen molar-refractivity contribution in [3.05, 3.63) is 48.2 Å². The molecule has 0 N–H and O–H groups in total. The van der Waals surface area contributed by atoms with Gasteiger partial charge in [-0.2, -0.15) is 4.98 Å². The van der Waals surface area contributed by atoms with E-state index in [1.807, 2.05) is 30.0 Å². The number of ether oxygens (including phenoxy) is 1. The van der Waals surface area contributed by atoms with Crippen molar-refractivity contribution in [2.24, 2.45) is 0 Å². The van der Waals surface area contributed by atoms with Gasteiger partial charge in [-0.15, -0.1) is 11.6 Å². The summed E-state index contributed by atoms with van der Waals surface area (Å²) in [6.07, 6.45) is 1.71. The predicted octanol–water partition coefficient (Wildman–Crippen LogP) is 3.12. The number of alkyl halides is 1. The highest BCUT2D eigenvalue weighted by molar-refractivity contribution is 6.18. The van der Waals surface area contributed by atoms with E-state index in [1.165, 1.54) is 5.56 Å². The van der Waals surface area contributed by atoms with Gasteiger partial charge in [-0.1, -0.05) is 30.3 Å². The first-order valence-corrected chi connectivity index (χ1v) is 7.17. The maximum Gasteiger partial charge on any atom is 0.228 e. The summed E-state index contributed by atoms with van der Waals surface area (Å²) in [6, 6.07) is 12.0. The molecule has 0 aliphatic carbocycles. The molecule has 1 aromatic heterocycles. The summed E-state index contributed by atoms with van der Waals surface area (Å²) >= 11 is 5.88. The molecule has 2 aromatic rings. The van der Waals surface area contributed by atoms with Gasteiger partial charge in [-0.3, -0.25) is 0 Å². The van der Waals surface area contributed by atoms with Crippen LogP contribution in [0.25, 0.3) is 0 Å². The van der Waals surface area contributed by atoms with E-state index in [2.05, 4.69) is 22.1 Å². The standard InChI is InChI=1S/C15H18ClN3O/c1-2-20-14-8-10-17-15(18-14)19(11-9-16)12-13-6-4-3-5-7-13/h3-8,10H,2,9,11-12H2,1H3. The van der Waals surface area contributed by atoms with E-state index >= 15 is 0 Å². The molecule has 106 valence electrons. The Balaban J connectivity index is 2.17. The van der Waals surface area contributed by atoms with Crippen molar-refractivity contribution >= 4 is 17.5 Å². The highest BCUT2D eigenvalue weighted by Gasteiger charge is 2.10. The Labute approximate surface area is 124 Å². The smallest absolute Gasteiger partial charge is 0.228 e. The maximum absolute atomic E-state index is 5.88. The molecular weight excluding hydrogens is 274 g/mol. The molecule has 0 amide bonds. The highest BCUT2D eigenvalue weighted by Crippen LogP contribution is 2.15. The van der Waals surface area contributed by atoms with Crippen LogP contribution in [-0.4, -0.2) is 29.0 Å². The number of aromatic nitrogens is 2. The number of rotatable bonds is 7. The summed E-state index contributed by atoms with van der Waals surface area (Å²) in [5.41, 5.74) is 1.20. The van der Waals surface area contributed by atoms with Crippen LogP contribution < -0.4 is 9.64 Å². The van der Waals surface area contributed by atoms with Crippen molar-refractivity contribution in [2.75, 3.05) is 23.9 Å². The van der Waals surface area contributed by atoms with E-state index in [4.69, 9.17) is 16.3 Å². The Morgan fingerprint density at radius 3 is 2.70 bits per heavy atom. The van der Waals surface area contributed by atoms with Gasteiger partial charge in [0, 0.05) is 31.2 Å². The molecule has 1 aromatic carbocycles. The monoisotopic (exact) mass is 291 g/mol. The molecule has 0 unspecified atom stereocenters. The van der Waals surface area contributed by atoms with Gasteiger partial charge in [0.25, 0.3) is 0 Å². The minimum absolute atomic E-state index is 0.523. The molecule has 1 heterocycles. The van der Waals surface area contributed by atoms with Crippen LogP contribution in [0.15, 0.2) is 42.6 Å². The van der Waals surface area contributed by atoms with Gasteiger partial charge < -0.3 is 9.64 Å². The Morgan fingerprint density at radius 1 is 1.20 bits per heavy atom. The zero-order valence-corrected chi connectivity index (χ0v) is 12.3. The molecular formula is C15H18ClN3O. The average molecular weight is 292 g/mol. The van der Waals surface area contributed by atoms with Gasteiger partial charge in [0.05, 0.1) is 6.61 Å². The van der Waals surface area contributed by atoms with Gasteiger partial charge >= 0.3 is 0 Å². The normalized spacial score (nSPS) is 10.3. The zero-order chi connectivity index (χ0) is 14.2. The zero-order valence-electron chi connectivity index (χ0n) is 11.5. The molecule has 0 fully saturated rings. The van der Waals surface area contributed by atoms with Gasteiger partial charge in [-0.05, 0) is 12.5 Å². The van der Waals surface area contributed by atoms with E-state index in [0.717, 1.165) is 6.54 Å². The topological polar surface area (TPSA) is 38.2 Å². The van der Waals surface area contributed by atoms with Crippen LogP contribution >= 0.6 is 11.6 Å². The number of halogens is 1. The molecule has 0 saturated carbocycles. The van der Waals surface area contributed by atoms with Crippen LogP contribution in [0, 0.1) is 0 Å². The number of nitrogens with zero attached hydrogens (tertiary/aromatic N) is 3. The SMILES string of the molecule is CCOc1ccnc(N(CCCl)Cc2ccccc2)n1. The van der Waals surface area contributed by atoms with Gasteiger partial charge in [-0.25, -0.2) is 4.98 Å². The third kappa shape index (κ3) is 4.10. The Morgan fingerprint density at radius 2 is 2.00 bits per heavy atom. The second kappa shape index (κ2) is 7.70. The lowest BCUT2D eigenvalue weighted by Gasteiger charge is -2.21. The van der Waals surface area contributed by atoms with Gasteiger partial charge in [0.1, 0.15) is 0 Å². The van der Waals surface area contributed by atoms with Crippen molar-refractivity contribution in [2.45, 2.75) is 13.5 Å². The van der Waals surface area contributed by atoms with Gasteiger partial charge in [0.15, 0.2) is 0 Å². The fourth-order valence-corrected chi connectivity index (χ4v) is 2.07. The van der Waals surface area contributed by atoms with Crippen molar-refractivity contribution in [3.8, 4) is 5.88 Å². The lowest BCUT2D eigenvalue weighted by atomic mass is 10.2. The third-order valence-electron chi connectivity index (χ3n) is 2.76. The van der Waals surface area contributed by atoms with E-state index < -0.39 is 0 Å². The summed E-state index contributed by atoms with van der Waals surface area (Å²) in [5.74, 6) is 1.75. The number of hydrogen-bond donors (Lipinski definition) is 0. The predicted molar refractivity (Wildman–Crippen MR) is 81.4 cm³/mol. The molecule has 0 spiro atoms. The van der Waals surface area contributed by atoms with Gasteiger partial charge in [0.2, 0.25) is 11.8 Å². The number of hydrogen-bond acceptors (Lipinski definition) is 4.